The molecule has 6 heteroatoms. The molecule has 0 unspecified atom stereocenters. The number of carbonyl (C=O) groups is 1. The second-order valence-electron chi connectivity index (χ2n) is 7.31. The van der Waals surface area contributed by atoms with Crippen molar-refractivity contribution in [2.45, 2.75) is 45.4 Å². The van der Waals surface area contributed by atoms with Crippen molar-refractivity contribution < 1.29 is 13.2 Å². The summed E-state index contributed by atoms with van der Waals surface area (Å²) in [5.41, 5.74) is 4.21. The van der Waals surface area contributed by atoms with Crippen molar-refractivity contribution in [3.63, 3.8) is 0 Å². The smallest absolute Gasteiger partial charge is 0.243 e. The third kappa shape index (κ3) is 4.96. The molecule has 5 nitrogen and oxygen atoms in total. The first kappa shape index (κ1) is 21.1. The fourth-order valence-corrected chi connectivity index (χ4v) is 4.70. The second-order valence-corrected chi connectivity index (χ2v) is 9.30. The summed E-state index contributed by atoms with van der Waals surface area (Å²) in [6, 6.07) is 11.2. The van der Waals surface area contributed by atoms with E-state index in [1.54, 1.807) is 13.8 Å². The van der Waals surface area contributed by atoms with Crippen molar-refractivity contribution in [2.75, 3.05) is 18.9 Å². The highest BCUT2D eigenvalue weighted by Crippen LogP contribution is 2.24. The maximum absolute atomic E-state index is 12.9. The van der Waals surface area contributed by atoms with Gasteiger partial charge in [0.25, 0.3) is 0 Å². The van der Waals surface area contributed by atoms with Crippen LogP contribution < -0.4 is 5.32 Å². The molecule has 2 aromatic rings. The maximum Gasteiger partial charge on any atom is 0.243 e. The lowest BCUT2D eigenvalue weighted by molar-refractivity contribution is -0.116. The number of hydrogen-bond acceptors (Lipinski definition) is 3. The van der Waals surface area contributed by atoms with Crippen molar-refractivity contribution >= 4 is 21.6 Å². The zero-order chi connectivity index (χ0) is 20.4. The monoisotopic (exact) mass is 388 g/mol. The van der Waals surface area contributed by atoms with Gasteiger partial charge in [-0.05, 0) is 55.5 Å². The largest absolute Gasteiger partial charge is 0.325 e. The molecule has 27 heavy (non-hydrogen) atoms. The Bertz CT molecular complexity index is 909. The van der Waals surface area contributed by atoms with E-state index in [-0.39, 0.29) is 17.3 Å². The summed E-state index contributed by atoms with van der Waals surface area (Å²) in [5, 5.41) is 2.76. The van der Waals surface area contributed by atoms with E-state index in [4.69, 9.17) is 0 Å². The minimum absolute atomic E-state index is 0.249. The van der Waals surface area contributed by atoms with E-state index in [2.05, 4.69) is 19.2 Å². The lowest BCUT2D eigenvalue weighted by atomic mass is 10.0. The predicted molar refractivity (Wildman–Crippen MR) is 110 cm³/mol. The van der Waals surface area contributed by atoms with Crippen LogP contribution >= 0.6 is 0 Å². The Morgan fingerprint density at radius 2 is 1.56 bits per heavy atom. The van der Waals surface area contributed by atoms with Gasteiger partial charge in [0.1, 0.15) is 0 Å². The van der Waals surface area contributed by atoms with Gasteiger partial charge in [0, 0.05) is 12.7 Å². The number of carbonyl (C=O) groups excluding carboxylic acids is 1. The van der Waals surface area contributed by atoms with Crippen molar-refractivity contribution in [2.24, 2.45) is 0 Å². The molecule has 0 radical (unpaired) electrons. The van der Waals surface area contributed by atoms with E-state index < -0.39 is 10.0 Å². The quantitative estimate of drug-likeness (QED) is 0.813. The van der Waals surface area contributed by atoms with Gasteiger partial charge >= 0.3 is 0 Å². The Labute approximate surface area is 162 Å². The molecule has 0 atom stereocenters. The van der Waals surface area contributed by atoms with Crippen LogP contribution in [0.2, 0.25) is 0 Å². The van der Waals surface area contributed by atoms with Crippen LogP contribution in [-0.2, 0) is 14.8 Å². The van der Waals surface area contributed by atoms with Gasteiger partial charge in [-0.25, -0.2) is 8.42 Å². The molecule has 2 aromatic carbocycles. The second kappa shape index (κ2) is 8.23. The Morgan fingerprint density at radius 3 is 2.04 bits per heavy atom. The van der Waals surface area contributed by atoms with Crippen molar-refractivity contribution in [3.05, 3.63) is 58.7 Å². The number of sulfonamides is 1. The van der Waals surface area contributed by atoms with E-state index in [0.29, 0.717) is 22.7 Å². The molecule has 0 saturated carbocycles. The minimum atomic E-state index is -3.75. The van der Waals surface area contributed by atoms with Crippen LogP contribution in [0, 0.1) is 20.8 Å². The third-order valence-corrected chi connectivity index (χ3v) is 6.61. The molecular weight excluding hydrogens is 360 g/mol. The van der Waals surface area contributed by atoms with Gasteiger partial charge in [-0.1, -0.05) is 43.7 Å². The SMILES string of the molecule is Cc1cc(C)c(S(=O)(=O)N(C)CC(=O)Nc2ccc(C(C)C)cc2)c(C)c1. The number of aryl methyl sites for hydroxylation is 3. The van der Waals surface area contributed by atoms with Crippen LogP contribution in [0.15, 0.2) is 41.3 Å². The zero-order valence-corrected chi connectivity index (χ0v) is 17.6. The topological polar surface area (TPSA) is 66.5 Å². The molecule has 0 aromatic heterocycles. The van der Waals surface area contributed by atoms with Crippen LogP contribution in [-0.4, -0.2) is 32.2 Å². The molecule has 0 fully saturated rings. The van der Waals surface area contributed by atoms with Crippen molar-refractivity contribution in [3.8, 4) is 0 Å². The van der Waals surface area contributed by atoms with Gasteiger partial charge in [0.2, 0.25) is 15.9 Å². The zero-order valence-electron chi connectivity index (χ0n) is 16.8. The van der Waals surface area contributed by atoms with Gasteiger partial charge in [-0.15, -0.1) is 0 Å². The number of nitrogens with one attached hydrogen (secondary N) is 1. The fourth-order valence-electron chi connectivity index (χ4n) is 3.17. The van der Waals surface area contributed by atoms with Crippen LogP contribution in [0.3, 0.4) is 0 Å². The predicted octanol–water partition coefficient (Wildman–Crippen LogP) is 3.99. The number of amides is 1. The number of anilines is 1. The van der Waals surface area contributed by atoms with Crippen LogP contribution in [0.4, 0.5) is 5.69 Å². The molecule has 0 spiro atoms. The summed E-state index contributed by atoms with van der Waals surface area (Å²) in [7, 11) is -2.32. The normalized spacial score (nSPS) is 11.9. The van der Waals surface area contributed by atoms with E-state index in [0.717, 1.165) is 9.87 Å². The number of nitrogens with zero attached hydrogens (tertiary/aromatic N) is 1. The summed E-state index contributed by atoms with van der Waals surface area (Å²) in [5.74, 6) is 0.0350. The highest BCUT2D eigenvalue weighted by Gasteiger charge is 2.26. The average Bonchev–Trinajstić information content (AvgIpc) is 2.53. The van der Waals surface area contributed by atoms with E-state index in [1.807, 2.05) is 43.3 Å². The number of benzene rings is 2. The fraction of sp³-hybridized carbons (Fsp3) is 0.381. The first-order valence-corrected chi connectivity index (χ1v) is 10.4. The highest BCUT2D eigenvalue weighted by molar-refractivity contribution is 7.89. The third-order valence-electron chi connectivity index (χ3n) is 4.50. The minimum Gasteiger partial charge on any atom is -0.325 e. The summed E-state index contributed by atoms with van der Waals surface area (Å²) < 4.78 is 27.0. The van der Waals surface area contributed by atoms with E-state index in [1.165, 1.54) is 12.6 Å². The van der Waals surface area contributed by atoms with Gasteiger partial charge in [0.05, 0.1) is 11.4 Å². The Balaban J connectivity index is 2.13. The summed E-state index contributed by atoms with van der Waals surface area (Å²) in [6.07, 6.45) is 0. The lowest BCUT2D eigenvalue weighted by Gasteiger charge is -2.20. The molecule has 1 N–H and O–H groups in total. The molecule has 2 rings (SSSR count). The first-order chi connectivity index (χ1) is 12.5. The molecule has 0 aliphatic rings. The lowest BCUT2D eigenvalue weighted by Crippen LogP contribution is -2.35. The molecule has 0 bridgehead atoms. The molecule has 146 valence electrons. The first-order valence-electron chi connectivity index (χ1n) is 8.96. The van der Waals surface area contributed by atoms with Crippen LogP contribution in [0.1, 0.15) is 42.0 Å². The van der Waals surface area contributed by atoms with Gasteiger partial charge in [-0.3, -0.25) is 4.79 Å². The summed E-state index contributed by atoms with van der Waals surface area (Å²) in [6.45, 7) is 9.43. The van der Waals surface area contributed by atoms with E-state index in [9.17, 15) is 13.2 Å². The summed E-state index contributed by atoms with van der Waals surface area (Å²) >= 11 is 0. The standard InChI is InChI=1S/C21H28N2O3S/c1-14(2)18-7-9-19(10-8-18)22-20(24)13-23(6)27(25,26)21-16(4)11-15(3)12-17(21)5/h7-12,14H,13H2,1-6H3,(H,22,24). The Kier molecular flexibility index (Phi) is 6.44. The molecule has 0 aliphatic heterocycles. The Morgan fingerprint density at radius 1 is 1.04 bits per heavy atom. The van der Waals surface area contributed by atoms with Gasteiger partial charge in [0.15, 0.2) is 0 Å². The van der Waals surface area contributed by atoms with Gasteiger partial charge < -0.3 is 5.32 Å². The van der Waals surface area contributed by atoms with Crippen molar-refractivity contribution in [1.29, 1.82) is 0 Å². The van der Waals surface area contributed by atoms with Crippen molar-refractivity contribution in [1.82, 2.24) is 4.31 Å². The molecule has 0 aliphatic carbocycles. The summed E-state index contributed by atoms with van der Waals surface area (Å²) in [4.78, 5) is 12.6. The number of likely N-dealkylation sites (N-methyl/N-ethyl adjacent to an activating group) is 1. The average molecular weight is 389 g/mol. The maximum atomic E-state index is 12.9. The van der Waals surface area contributed by atoms with Gasteiger partial charge in [-0.2, -0.15) is 4.31 Å². The highest BCUT2D eigenvalue weighted by atomic mass is 32.2. The molecular formula is C21H28N2O3S. The number of rotatable bonds is 6. The van der Waals surface area contributed by atoms with Crippen LogP contribution in [0.25, 0.3) is 0 Å². The molecule has 1 amide bonds. The number of hydrogen-bond donors (Lipinski definition) is 1. The Hall–Kier alpha value is -2.18. The van der Waals surface area contributed by atoms with E-state index >= 15 is 0 Å². The molecule has 0 saturated heterocycles. The van der Waals surface area contributed by atoms with Crippen LogP contribution in [0.5, 0.6) is 0 Å². The molecule has 0 heterocycles.